The molecule has 0 unspecified atom stereocenters. The number of rotatable bonds is 3. The maximum atomic E-state index is 6.35. The van der Waals surface area contributed by atoms with E-state index in [1.807, 2.05) is 6.92 Å². The molecule has 23 heavy (non-hydrogen) atoms. The van der Waals surface area contributed by atoms with Gasteiger partial charge in [0.15, 0.2) is 0 Å². The van der Waals surface area contributed by atoms with Crippen LogP contribution < -0.4 is 0 Å². The molecule has 0 saturated heterocycles. The molecule has 0 saturated carbocycles. The van der Waals surface area contributed by atoms with Crippen LogP contribution in [0, 0.1) is 13.8 Å². The topological polar surface area (TPSA) is 30.7 Å². The quantitative estimate of drug-likeness (QED) is 0.461. The minimum atomic E-state index is 0.472. The van der Waals surface area contributed by atoms with Crippen molar-refractivity contribution in [1.29, 1.82) is 0 Å². The van der Waals surface area contributed by atoms with E-state index >= 15 is 0 Å². The van der Waals surface area contributed by atoms with Gasteiger partial charge in [-0.15, -0.1) is 11.8 Å². The molecule has 0 aliphatic heterocycles. The fraction of sp³-hybridized carbons (Fsp3) is 0.333. The first-order valence-corrected chi connectivity index (χ1v) is 9.23. The molecule has 3 aromatic rings. The summed E-state index contributed by atoms with van der Waals surface area (Å²) in [7, 11) is 0. The Balaban J connectivity index is 2.36. The van der Waals surface area contributed by atoms with Crippen molar-refractivity contribution in [3.8, 4) is 5.69 Å². The molecule has 0 spiro atoms. The predicted molar refractivity (Wildman–Crippen MR) is 99.2 cm³/mol. The molecule has 2 aromatic heterocycles. The van der Waals surface area contributed by atoms with Gasteiger partial charge in [-0.25, -0.2) is 9.97 Å². The standard InChI is InChI=1S/C18H20ClN3S/c1-10(2)13-7-6-8-14(16(13)23-5)22-9-11(3)15-17(19)20-12(4)21-18(15)22/h6-10H,1-5H3. The summed E-state index contributed by atoms with van der Waals surface area (Å²) in [4.78, 5) is 10.2. The Morgan fingerprint density at radius 1 is 1.17 bits per heavy atom. The number of halogens is 1. The van der Waals surface area contributed by atoms with E-state index in [9.17, 15) is 0 Å². The zero-order chi connectivity index (χ0) is 16.7. The summed E-state index contributed by atoms with van der Waals surface area (Å²) in [5.74, 6) is 1.16. The van der Waals surface area contributed by atoms with Gasteiger partial charge in [-0.2, -0.15) is 0 Å². The van der Waals surface area contributed by atoms with E-state index < -0.39 is 0 Å². The molecule has 5 heteroatoms. The van der Waals surface area contributed by atoms with Crippen LogP contribution in [0.3, 0.4) is 0 Å². The van der Waals surface area contributed by atoms with Gasteiger partial charge >= 0.3 is 0 Å². The number of nitrogens with zero attached hydrogens (tertiary/aromatic N) is 3. The predicted octanol–water partition coefficient (Wildman–Crippen LogP) is 5.54. The molecule has 3 rings (SSSR count). The van der Waals surface area contributed by atoms with Crippen molar-refractivity contribution in [3.05, 3.63) is 46.5 Å². The molecular weight excluding hydrogens is 326 g/mol. The lowest BCUT2D eigenvalue weighted by molar-refractivity contribution is 0.834. The zero-order valence-corrected chi connectivity index (χ0v) is 15.6. The van der Waals surface area contributed by atoms with Crippen LogP contribution in [-0.4, -0.2) is 20.8 Å². The highest BCUT2D eigenvalue weighted by Gasteiger charge is 2.17. The van der Waals surface area contributed by atoms with Gasteiger partial charge < -0.3 is 0 Å². The minimum Gasteiger partial charge on any atom is -0.300 e. The highest BCUT2D eigenvalue weighted by molar-refractivity contribution is 7.98. The molecular formula is C18H20ClN3S. The average Bonchev–Trinajstić information content (AvgIpc) is 2.83. The van der Waals surface area contributed by atoms with E-state index in [2.05, 4.69) is 66.0 Å². The molecule has 1 aromatic carbocycles. The first-order chi connectivity index (χ1) is 10.9. The van der Waals surface area contributed by atoms with E-state index in [-0.39, 0.29) is 0 Å². The van der Waals surface area contributed by atoms with Gasteiger partial charge in [0.2, 0.25) is 0 Å². The SMILES string of the molecule is CSc1c(C(C)C)cccc1-n1cc(C)c2c(Cl)nc(C)nc21. The Kier molecular flexibility index (Phi) is 4.39. The molecule has 0 fully saturated rings. The fourth-order valence-corrected chi connectivity index (χ4v) is 4.22. The molecule has 2 heterocycles. The van der Waals surface area contributed by atoms with Gasteiger partial charge in [0.1, 0.15) is 16.6 Å². The number of benzene rings is 1. The van der Waals surface area contributed by atoms with Crippen LogP contribution in [0.4, 0.5) is 0 Å². The Labute approximate surface area is 146 Å². The Hall–Kier alpha value is -1.52. The molecule has 0 atom stereocenters. The van der Waals surface area contributed by atoms with Crippen molar-refractivity contribution in [2.75, 3.05) is 6.26 Å². The molecule has 0 bridgehead atoms. The van der Waals surface area contributed by atoms with Crippen LogP contribution >= 0.6 is 23.4 Å². The average molecular weight is 346 g/mol. The van der Waals surface area contributed by atoms with Crippen molar-refractivity contribution >= 4 is 34.4 Å². The second-order valence-corrected chi connectivity index (χ2v) is 7.17. The summed E-state index contributed by atoms with van der Waals surface area (Å²) in [6.07, 6.45) is 4.22. The van der Waals surface area contributed by atoms with Crippen molar-refractivity contribution < 1.29 is 0 Å². The summed E-state index contributed by atoms with van der Waals surface area (Å²) in [5.41, 5.74) is 4.46. The van der Waals surface area contributed by atoms with Crippen molar-refractivity contribution in [3.63, 3.8) is 0 Å². The second-order valence-electron chi connectivity index (χ2n) is 6.00. The molecule has 0 aliphatic carbocycles. The van der Waals surface area contributed by atoms with Crippen LogP contribution in [0.1, 0.15) is 36.7 Å². The number of thioether (sulfide) groups is 1. The first-order valence-electron chi connectivity index (χ1n) is 7.63. The molecule has 0 aliphatic rings. The first kappa shape index (κ1) is 16.3. The molecule has 120 valence electrons. The number of hydrogen-bond donors (Lipinski definition) is 0. The maximum Gasteiger partial charge on any atom is 0.150 e. The largest absolute Gasteiger partial charge is 0.300 e. The van der Waals surface area contributed by atoms with E-state index in [0.717, 1.165) is 22.3 Å². The summed E-state index contributed by atoms with van der Waals surface area (Å²) >= 11 is 8.13. The summed E-state index contributed by atoms with van der Waals surface area (Å²) in [6.45, 7) is 8.37. The highest BCUT2D eigenvalue weighted by Crippen LogP contribution is 2.35. The van der Waals surface area contributed by atoms with Crippen molar-refractivity contribution in [2.45, 2.75) is 38.5 Å². The minimum absolute atomic E-state index is 0.472. The van der Waals surface area contributed by atoms with Gasteiger partial charge in [-0.1, -0.05) is 37.6 Å². The summed E-state index contributed by atoms with van der Waals surface area (Å²) in [6, 6.07) is 6.45. The van der Waals surface area contributed by atoms with Crippen LogP contribution in [0.25, 0.3) is 16.7 Å². The number of hydrogen-bond acceptors (Lipinski definition) is 3. The van der Waals surface area contributed by atoms with E-state index in [1.54, 1.807) is 11.8 Å². The maximum absolute atomic E-state index is 6.35. The van der Waals surface area contributed by atoms with Crippen LogP contribution in [-0.2, 0) is 0 Å². The van der Waals surface area contributed by atoms with Crippen LogP contribution in [0.2, 0.25) is 5.15 Å². The number of aromatic nitrogens is 3. The van der Waals surface area contributed by atoms with E-state index in [4.69, 9.17) is 11.6 Å². The molecule has 0 radical (unpaired) electrons. The Morgan fingerprint density at radius 3 is 2.57 bits per heavy atom. The second kappa shape index (κ2) is 6.17. The lowest BCUT2D eigenvalue weighted by atomic mass is 10.0. The smallest absolute Gasteiger partial charge is 0.150 e. The molecule has 0 amide bonds. The lowest BCUT2D eigenvalue weighted by Gasteiger charge is -2.16. The van der Waals surface area contributed by atoms with Crippen LogP contribution in [0.5, 0.6) is 0 Å². The van der Waals surface area contributed by atoms with Crippen LogP contribution in [0.15, 0.2) is 29.3 Å². The van der Waals surface area contributed by atoms with Gasteiger partial charge in [0.25, 0.3) is 0 Å². The third-order valence-corrected chi connectivity index (χ3v) is 5.14. The third-order valence-electron chi connectivity index (χ3n) is 4.01. The van der Waals surface area contributed by atoms with Gasteiger partial charge in [-0.3, -0.25) is 4.57 Å². The van der Waals surface area contributed by atoms with Gasteiger partial charge in [0, 0.05) is 11.1 Å². The molecule has 3 nitrogen and oxygen atoms in total. The monoisotopic (exact) mass is 345 g/mol. The summed E-state index contributed by atoms with van der Waals surface area (Å²) in [5, 5.41) is 1.45. The Morgan fingerprint density at radius 2 is 1.91 bits per heavy atom. The van der Waals surface area contributed by atoms with E-state index in [0.29, 0.717) is 16.9 Å². The van der Waals surface area contributed by atoms with Crippen molar-refractivity contribution in [1.82, 2.24) is 14.5 Å². The Bertz CT molecular complexity index is 884. The normalized spacial score (nSPS) is 11.6. The number of fused-ring (bicyclic) bond motifs is 1. The highest BCUT2D eigenvalue weighted by atomic mass is 35.5. The fourth-order valence-electron chi connectivity index (χ4n) is 2.95. The third kappa shape index (κ3) is 2.74. The summed E-state index contributed by atoms with van der Waals surface area (Å²) < 4.78 is 2.14. The lowest BCUT2D eigenvalue weighted by Crippen LogP contribution is -2.01. The van der Waals surface area contributed by atoms with Crippen molar-refractivity contribution in [2.24, 2.45) is 0 Å². The number of aryl methyl sites for hydroxylation is 2. The van der Waals surface area contributed by atoms with E-state index in [1.165, 1.54) is 10.5 Å². The molecule has 0 N–H and O–H groups in total. The van der Waals surface area contributed by atoms with Gasteiger partial charge in [-0.05, 0) is 43.2 Å². The zero-order valence-electron chi connectivity index (χ0n) is 14.0. The van der Waals surface area contributed by atoms with Gasteiger partial charge in [0.05, 0.1) is 11.1 Å².